The second-order valence-electron chi connectivity index (χ2n) is 4.79. The molecule has 21 heavy (non-hydrogen) atoms. The van der Waals surface area contributed by atoms with E-state index in [1.165, 1.54) is 0 Å². The second-order valence-corrected chi connectivity index (χ2v) is 6.56. The predicted octanol–water partition coefficient (Wildman–Crippen LogP) is 1.51. The number of rotatable bonds is 3. The molecule has 114 valence electrons. The molecule has 2 aromatic rings. The van der Waals surface area contributed by atoms with Gasteiger partial charge in [-0.1, -0.05) is 15.9 Å². The molecule has 2 heterocycles. The topological polar surface area (TPSA) is 94.9 Å². The third kappa shape index (κ3) is 2.71. The monoisotopic (exact) mass is 421 g/mol. The summed E-state index contributed by atoms with van der Waals surface area (Å²) in [4.78, 5) is 3.07. The summed E-state index contributed by atoms with van der Waals surface area (Å²) in [6, 6.07) is 3.77. The molecule has 1 aromatic carbocycles. The van der Waals surface area contributed by atoms with Crippen molar-refractivity contribution in [1.29, 1.82) is 0 Å². The van der Waals surface area contributed by atoms with Crippen molar-refractivity contribution in [2.45, 2.75) is 24.6 Å². The molecular formula is C13H13Br2NO5. The molecule has 1 saturated heterocycles. The lowest BCUT2D eigenvalue weighted by Crippen LogP contribution is -2.35. The minimum atomic E-state index is -1.22. The van der Waals surface area contributed by atoms with Crippen LogP contribution in [0.15, 0.2) is 27.3 Å². The Balaban J connectivity index is 1.89. The Morgan fingerprint density at radius 1 is 1.24 bits per heavy atom. The smallest absolute Gasteiger partial charge is 0.229 e. The zero-order valence-electron chi connectivity index (χ0n) is 10.7. The molecule has 1 aliphatic rings. The van der Waals surface area contributed by atoms with Gasteiger partial charge in [-0.25, -0.2) is 0 Å². The highest BCUT2D eigenvalue weighted by Gasteiger charge is 2.44. The summed E-state index contributed by atoms with van der Waals surface area (Å²) in [6.07, 6.45) is -2.63. The summed E-state index contributed by atoms with van der Waals surface area (Å²) in [7, 11) is 0. The van der Waals surface area contributed by atoms with Gasteiger partial charge in [0.25, 0.3) is 0 Å². The van der Waals surface area contributed by atoms with Crippen molar-refractivity contribution < 1.29 is 24.8 Å². The Morgan fingerprint density at radius 3 is 2.67 bits per heavy atom. The highest BCUT2D eigenvalue weighted by Crippen LogP contribution is 2.35. The van der Waals surface area contributed by atoms with Gasteiger partial charge >= 0.3 is 0 Å². The molecule has 1 aliphatic heterocycles. The number of H-pyrrole nitrogens is 1. The average molecular weight is 423 g/mol. The van der Waals surface area contributed by atoms with Gasteiger partial charge in [-0.05, 0) is 28.1 Å². The zero-order valence-corrected chi connectivity index (χ0v) is 13.8. The number of aliphatic hydroxyl groups excluding tert-OH is 3. The number of benzene rings is 1. The fourth-order valence-electron chi connectivity index (χ4n) is 2.32. The summed E-state index contributed by atoms with van der Waals surface area (Å²) in [5, 5.41) is 29.5. The van der Waals surface area contributed by atoms with Crippen LogP contribution in [-0.2, 0) is 4.74 Å². The first-order valence-electron chi connectivity index (χ1n) is 6.26. The first kappa shape index (κ1) is 15.3. The van der Waals surface area contributed by atoms with E-state index in [1.807, 2.05) is 12.1 Å². The van der Waals surface area contributed by atoms with Crippen molar-refractivity contribution in [3.8, 4) is 5.75 Å². The van der Waals surface area contributed by atoms with Gasteiger partial charge in [0, 0.05) is 20.5 Å². The van der Waals surface area contributed by atoms with Crippen LogP contribution < -0.4 is 4.74 Å². The van der Waals surface area contributed by atoms with Gasteiger partial charge in [0.15, 0.2) is 0 Å². The summed E-state index contributed by atoms with van der Waals surface area (Å²) in [6.45, 7) is -0.386. The van der Waals surface area contributed by atoms with Gasteiger partial charge in [-0.15, -0.1) is 0 Å². The highest BCUT2D eigenvalue weighted by molar-refractivity contribution is 9.11. The molecule has 0 aliphatic carbocycles. The van der Waals surface area contributed by atoms with E-state index < -0.39 is 24.6 Å². The largest absolute Gasteiger partial charge is 0.460 e. The Labute approximate surface area is 136 Å². The van der Waals surface area contributed by atoms with Gasteiger partial charge < -0.3 is 29.8 Å². The maximum Gasteiger partial charge on any atom is 0.229 e. The summed E-state index contributed by atoms with van der Waals surface area (Å²) in [5.74, 6) is 0.488. The van der Waals surface area contributed by atoms with Gasteiger partial charge in [0.05, 0.1) is 12.1 Å². The number of aromatic amines is 1. The van der Waals surface area contributed by atoms with Gasteiger partial charge in [0.1, 0.15) is 24.1 Å². The van der Waals surface area contributed by atoms with Crippen LogP contribution in [-0.4, -0.2) is 51.5 Å². The molecule has 1 aromatic heterocycles. The minimum absolute atomic E-state index is 0.386. The zero-order chi connectivity index (χ0) is 15.1. The van der Waals surface area contributed by atoms with E-state index in [4.69, 9.17) is 14.6 Å². The quantitative estimate of drug-likeness (QED) is 0.601. The fourth-order valence-corrected chi connectivity index (χ4v) is 3.66. The summed E-state index contributed by atoms with van der Waals surface area (Å²) < 4.78 is 12.7. The Morgan fingerprint density at radius 2 is 2.00 bits per heavy atom. The number of aromatic nitrogens is 1. The van der Waals surface area contributed by atoms with Crippen LogP contribution in [0.4, 0.5) is 0 Å². The molecule has 1 fully saturated rings. The predicted molar refractivity (Wildman–Crippen MR) is 82.1 cm³/mol. The Bertz CT molecular complexity index is 661. The normalized spacial score (nSPS) is 29.2. The molecule has 6 nitrogen and oxygen atoms in total. The van der Waals surface area contributed by atoms with E-state index in [1.54, 1.807) is 6.20 Å². The van der Waals surface area contributed by atoms with Crippen molar-refractivity contribution in [3.05, 3.63) is 27.3 Å². The molecule has 0 bridgehead atoms. The fraction of sp³-hybridized carbons (Fsp3) is 0.385. The van der Waals surface area contributed by atoms with Crippen LogP contribution in [0.3, 0.4) is 0 Å². The van der Waals surface area contributed by atoms with E-state index in [2.05, 4.69) is 36.8 Å². The Hall–Kier alpha value is -0.640. The van der Waals surface area contributed by atoms with Crippen molar-refractivity contribution >= 4 is 42.8 Å². The van der Waals surface area contributed by atoms with E-state index in [0.717, 1.165) is 19.8 Å². The molecule has 3 rings (SSSR count). The number of nitrogens with one attached hydrogen (secondary N) is 1. The van der Waals surface area contributed by atoms with Crippen molar-refractivity contribution in [3.63, 3.8) is 0 Å². The molecule has 4 atom stereocenters. The number of hydrogen-bond donors (Lipinski definition) is 4. The Kier molecular flexibility index (Phi) is 4.26. The van der Waals surface area contributed by atoms with E-state index in [9.17, 15) is 10.2 Å². The van der Waals surface area contributed by atoms with E-state index in [-0.39, 0.29) is 6.61 Å². The molecule has 0 radical (unpaired) electrons. The van der Waals surface area contributed by atoms with Crippen molar-refractivity contribution in [2.24, 2.45) is 0 Å². The maximum absolute atomic E-state index is 9.90. The van der Waals surface area contributed by atoms with Crippen LogP contribution in [0.1, 0.15) is 0 Å². The molecule has 0 amide bonds. The summed E-state index contributed by atoms with van der Waals surface area (Å²) in [5.41, 5.74) is 0.847. The molecular weight excluding hydrogens is 410 g/mol. The van der Waals surface area contributed by atoms with Crippen LogP contribution in [0.25, 0.3) is 10.9 Å². The first-order chi connectivity index (χ1) is 10.0. The van der Waals surface area contributed by atoms with Crippen LogP contribution in [0.5, 0.6) is 5.75 Å². The first-order valence-corrected chi connectivity index (χ1v) is 7.85. The minimum Gasteiger partial charge on any atom is -0.460 e. The molecule has 0 spiro atoms. The average Bonchev–Trinajstić information content (AvgIpc) is 2.96. The number of hydrogen-bond acceptors (Lipinski definition) is 5. The number of fused-ring (bicyclic) bond motifs is 1. The van der Waals surface area contributed by atoms with E-state index in [0.29, 0.717) is 5.75 Å². The number of halogens is 2. The lowest BCUT2D eigenvalue weighted by molar-refractivity contribution is -0.115. The van der Waals surface area contributed by atoms with Gasteiger partial charge in [-0.2, -0.15) is 0 Å². The van der Waals surface area contributed by atoms with Crippen LogP contribution in [0, 0.1) is 0 Å². The lowest BCUT2D eigenvalue weighted by atomic mass is 10.1. The van der Waals surface area contributed by atoms with Gasteiger partial charge in [-0.3, -0.25) is 0 Å². The van der Waals surface area contributed by atoms with Gasteiger partial charge in [0.2, 0.25) is 6.29 Å². The van der Waals surface area contributed by atoms with Crippen LogP contribution in [0.2, 0.25) is 0 Å². The SMILES string of the molecule is OC[C@H]1O[C@@H](Oc2c[nH]c3c(Br)cc(Br)cc23)[C@H](O)[C@@H]1O. The second kappa shape index (κ2) is 5.86. The third-order valence-corrected chi connectivity index (χ3v) is 4.49. The standard InChI is InChI=1S/C13H13Br2NO5/c14-5-1-6-8(3-16-10(6)7(15)2-5)20-13-12(19)11(18)9(4-17)21-13/h1-3,9,11-13,16-19H,4H2/t9-,11-,12-,13-/m1/s1. The van der Waals surface area contributed by atoms with Crippen molar-refractivity contribution in [2.75, 3.05) is 6.61 Å². The number of aliphatic hydroxyl groups is 3. The molecule has 0 saturated carbocycles. The highest BCUT2D eigenvalue weighted by atomic mass is 79.9. The molecule has 8 heteroatoms. The maximum atomic E-state index is 9.90. The van der Waals surface area contributed by atoms with E-state index >= 15 is 0 Å². The molecule has 4 N–H and O–H groups in total. The third-order valence-electron chi connectivity index (χ3n) is 3.41. The number of ether oxygens (including phenoxy) is 2. The molecule has 0 unspecified atom stereocenters. The van der Waals surface area contributed by atoms with Crippen molar-refractivity contribution in [1.82, 2.24) is 4.98 Å². The summed E-state index contributed by atoms with van der Waals surface area (Å²) >= 11 is 6.85. The van der Waals surface area contributed by atoms with Crippen LogP contribution >= 0.6 is 31.9 Å². The lowest BCUT2D eigenvalue weighted by Gasteiger charge is -2.16.